The van der Waals surface area contributed by atoms with Crippen molar-refractivity contribution in [3.05, 3.63) is 28.2 Å². The lowest BCUT2D eigenvalue weighted by Crippen LogP contribution is -2.44. The lowest BCUT2D eigenvalue weighted by molar-refractivity contribution is -0.123. The smallest absolute Gasteiger partial charge is 0.253 e. The minimum atomic E-state index is -0.340. The molecule has 1 fully saturated rings. The van der Waals surface area contributed by atoms with E-state index in [1.54, 1.807) is 23.1 Å². The summed E-state index contributed by atoms with van der Waals surface area (Å²) in [6, 6.07) is 5.11. The first-order valence-electron chi connectivity index (χ1n) is 6.12. The highest BCUT2D eigenvalue weighted by Gasteiger charge is 2.27. The Balaban J connectivity index is 2.14. The van der Waals surface area contributed by atoms with Crippen molar-refractivity contribution >= 4 is 33.4 Å². The molecule has 0 spiro atoms. The molecule has 1 aromatic rings. The highest BCUT2D eigenvalue weighted by atomic mass is 79.9. The minimum absolute atomic E-state index is 0.106. The number of nitrogens with two attached hydrogens (primary N) is 2. The van der Waals surface area contributed by atoms with Crippen molar-refractivity contribution in [1.29, 1.82) is 0 Å². The average molecular weight is 326 g/mol. The molecule has 1 unspecified atom stereocenters. The number of carbonyl (C=O) groups excluding carboxylic acids is 2. The monoisotopic (exact) mass is 325 g/mol. The second kappa shape index (κ2) is 5.61. The van der Waals surface area contributed by atoms with Crippen LogP contribution in [0.4, 0.5) is 5.69 Å². The zero-order valence-corrected chi connectivity index (χ0v) is 12.0. The van der Waals surface area contributed by atoms with Gasteiger partial charge in [-0.2, -0.15) is 0 Å². The number of piperidine rings is 1. The van der Waals surface area contributed by atoms with E-state index in [2.05, 4.69) is 15.9 Å². The molecule has 0 bridgehead atoms. The van der Waals surface area contributed by atoms with Gasteiger partial charge < -0.3 is 16.4 Å². The van der Waals surface area contributed by atoms with Crippen molar-refractivity contribution in [1.82, 2.24) is 4.90 Å². The Morgan fingerprint density at radius 2 is 2.11 bits per heavy atom. The molecule has 6 heteroatoms. The van der Waals surface area contributed by atoms with E-state index >= 15 is 0 Å². The van der Waals surface area contributed by atoms with Crippen LogP contribution in [-0.4, -0.2) is 29.8 Å². The van der Waals surface area contributed by atoms with Crippen LogP contribution in [-0.2, 0) is 4.79 Å². The number of benzene rings is 1. The first-order valence-corrected chi connectivity index (χ1v) is 6.92. The van der Waals surface area contributed by atoms with Gasteiger partial charge in [-0.1, -0.05) is 0 Å². The molecule has 4 N–H and O–H groups in total. The molecule has 1 heterocycles. The van der Waals surface area contributed by atoms with Gasteiger partial charge >= 0.3 is 0 Å². The first kappa shape index (κ1) is 13.9. The highest BCUT2D eigenvalue weighted by molar-refractivity contribution is 9.10. The number of nitrogen functional groups attached to an aromatic ring is 1. The van der Waals surface area contributed by atoms with Gasteiger partial charge in [0.2, 0.25) is 5.91 Å². The van der Waals surface area contributed by atoms with E-state index < -0.39 is 0 Å². The Hall–Kier alpha value is -1.56. The number of carbonyl (C=O) groups is 2. The maximum Gasteiger partial charge on any atom is 0.253 e. The number of halogens is 1. The fourth-order valence-corrected chi connectivity index (χ4v) is 2.50. The molecule has 0 aliphatic carbocycles. The van der Waals surface area contributed by atoms with Crippen LogP contribution in [0.15, 0.2) is 22.7 Å². The van der Waals surface area contributed by atoms with Gasteiger partial charge in [-0.05, 0) is 47.0 Å². The lowest BCUT2D eigenvalue weighted by Gasteiger charge is -2.31. The second-order valence-corrected chi connectivity index (χ2v) is 5.58. The summed E-state index contributed by atoms with van der Waals surface area (Å²) in [5, 5.41) is 0. The quantitative estimate of drug-likeness (QED) is 0.805. The van der Waals surface area contributed by atoms with E-state index in [4.69, 9.17) is 11.5 Å². The van der Waals surface area contributed by atoms with E-state index in [9.17, 15) is 9.59 Å². The van der Waals surface area contributed by atoms with Gasteiger partial charge in [0.05, 0.1) is 5.92 Å². The fraction of sp³-hybridized carbons (Fsp3) is 0.385. The summed E-state index contributed by atoms with van der Waals surface area (Å²) in [6.45, 7) is 1.04. The van der Waals surface area contributed by atoms with Crippen LogP contribution in [0.2, 0.25) is 0 Å². The molecule has 1 atom stereocenters. The van der Waals surface area contributed by atoms with Crippen molar-refractivity contribution in [2.24, 2.45) is 11.7 Å². The number of likely N-dealkylation sites (tertiary alicyclic amines) is 1. The van der Waals surface area contributed by atoms with Gasteiger partial charge in [-0.25, -0.2) is 0 Å². The molecule has 5 nitrogen and oxygen atoms in total. The van der Waals surface area contributed by atoms with Gasteiger partial charge in [0.25, 0.3) is 5.91 Å². The van der Waals surface area contributed by atoms with Gasteiger partial charge in [0.15, 0.2) is 0 Å². The van der Waals surface area contributed by atoms with Crippen molar-refractivity contribution in [2.45, 2.75) is 12.8 Å². The molecule has 1 aromatic carbocycles. The fourth-order valence-electron chi connectivity index (χ4n) is 2.25. The van der Waals surface area contributed by atoms with E-state index in [1.807, 2.05) is 0 Å². The average Bonchev–Trinajstić information content (AvgIpc) is 2.41. The van der Waals surface area contributed by atoms with Gasteiger partial charge in [0.1, 0.15) is 0 Å². The van der Waals surface area contributed by atoms with Gasteiger partial charge in [-0.15, -0.1) is 0 Å². The number of anilines is 1. The third kappa shape index (κ3) is 3.07. The topological polar surface area (TPSA) is 89.4 Å². The molecule has 1 aliphatic rings. The van der Waals surface area contributed by atoms with Crippen molar-refractivity contribution in [3.8, 4) is 0 Å². The number of nitrogens with zero attached hydrogens (tertiary/aromatic N) is 1. The summed E-state index contributed by atoms with van der Waals surface area (Å²) in [4.78, 5) is 25.2. The van der Waals surface area contributed by atoms with E-state index in [-0.39, 0.29) is 17.7 Å². The maximum absolute atomic E-state index is 12.3. The number of rotatable bonds is 2. The summed E-state index contributed by atoms with van der Waals surface area (Å²) in [6.07, 6.45) is 1.55. The number of primary amides is 1. The van der Waals surface area contributed by atoms with Crippen LogP contribution in [0.3, 0.4) is 0 Å². The van der Waals surface area contributed by atoms with Crippen molar-refractivity contribution in [2.75, 3.05) is 18.8 Å². The summed E-state index contributed by atoms with van der Waals surface area (Å²) < 4.78 is 0.762. The van der Waals surface area contributed by atoms with E-state index in [0.717, 1.165) is 17.3 Å². The molecule has 19 heavy (non-hydrogen) atoms. The molecule has 102 valence electrons. The predicted molar refractivity (Wildman–Crippen MR) is 76.4 cm³/mol. The molecule has 0 saturated carbocycles. The Morgan fingerprint density at radius 1 is 1.37 bits per heavy atom. The van der Waals surface area contributed by atoms with Crippen molar-refractivity contribution in [3.63, 3.8) is 0 Å². The molecule has 2 rings (SSSR count). The standard InChI is InChI=1S/C13H16BrN3O2/c14-10-4-3-8(6-11(10)15)13(19)17-5-1-2-9(7-17)12(16)18/h3-4,6,9H,1-2,5,7,15H2,(H2,16,18). The highest BCUT2D eigenvalue weighted by Crippen LogP contribution is 2.23. The Morgan fingerprint density at radius 3 is 2.74 bits per heavy atom. The van der Waals surface area contributed by atoms with Crippen LogP contribution >= 0.6 is 15.9 Å². The zero-order chi connectivity index (χ0) is 14.0. The molecular weight excluding hydrogens is 310 g/mol. The molecule has 1 saturated heterocycles. The third-order valence-corrected chi connectivity index (χ3v) is 4.08. The number of hydrogen-bond acceptors (Lipinski definition) is 3. The van der Waals surface area contributed by atoms with Crippen LogP contribution in [0, 0.1) is 5.92 Å². The van der Waals surface area contributed by atoms with E-state index in [0.29, 0.717) is 24.3 Å². The van der Waals surface area contributed by atoms with Gasteiger partial charge in [-0.3, -0.25) is 9.59 Å². The Labute approximate surface area is 120 Å². The van der Waals surface area contributed by atoms with Crippen LogP contribution in [0.1, 0.15) is 23.2 Å². The third-order valence-electron chi connectivity index (χ3n) is 3.35. The summed E-state index contributed by atoms with van der Waals surface area (Å²) in [7, 11) is 0. The van der Waals surface area contributed by atoms with Crippen LogP contribution < -0.4 is 11.5 Å². The Bertz CT molecular complexity index is 519. The molecule has 0 radical (unpaired) electrons. The number of amides is 2. The Kier molecular flexibility index (Phi) is 4.09. The molecule has 1 aliphatic heterocycles. The summed E-state index contributed by atoms with van der Waals surface area (Å²) in [5.41, 5.74) is 12.1. The van der Waals surface area contributed by atoms with E-state index in [1.165, 1.54) is 0 Å². The normalized spacial score (nSPS) is 19.2. The van der Waals surface area contributed by atoms with Gasteiger partial charge in [0, 0.05) is 28.8 Å². The molecule has 0 aromatic heterocycles. The maximum atomic E-state index is 12.3. The number of hydrogen-bond donors (Lipinski definition) is 2. The molecule has 2 amide bonds. The SMILES string of the molecule is NC(=O)C1CCCN(C(=O)c2ccc(Br)c(N)c2)C1. The second-order valence-electron chi connectivity index (χ2n) is 4.73. The first-order chi connectivity index (χ1) is 8.99. The predicted octanol–water partition coefficient (Wildman–Crippen LogP) is 1.37. The summed E-state index contributed by atoms with van der Waals surface area (Å²) in [5.74, 6) is -0.691. The van der Waals surface area contributed by atoms with Crippen LogP contribution in [0.25, 0.3) is 0 Å². The van der Waals surface area contributed by atoms with Crippen molar-refractivity contribution < 1.29 is 9.59 Å². The molecular formula is C13H16BrN3O2. The minimum Gasteiger partial charge on any atom is -0.398 e. The zero-order valence-electron chi connectivity index (χ0n) is 10.4. The van der Waals surface area contributed by atoms with Crippen LogP contribution in [0.5, 0.6) is 0 Å². The lowest BCUT2D eigenvalue weighted by atomic mass is 9.97. The summed E-state index contributed by atoms with van der Waals surface area (Å²) >= 11 is 3.29. The largest absolute Gasteiger partial charge is 0.398 e.